The summed E-state index contributed by atoms with van der Waals surface area (Å²) in [6.07, 6.45) is 1.76. The number of aryl methyl sites for hydroxylation is 1. The van der Waals surface area contributed by atoms with Crippen molar-refractivity contribution in [2.75, 3.05) is 6.79 Å². The number of fused-ring (bicyclic) bond motifs is 1. The van der Waals surface area contributed by atoms with Crippen LogP contribution in [0.2, 0.25) is 5.02 Å². The summed E-state index contributed by atoms with van der Waals surface area (Å²) in [6, 6.07) is 11.3. The van der Waals surface area contributed by atoms with Crippen molar-refractivity contribution in [2.24, 2.45) is 4.99 Å². The van der Waals surface area contributed by atoms with E-state index in [-0.39, 0.29) is 12.7 Å². The maximum absolute atomic E-state index is 12.2. The van der Waals surface area contributed by atoms with Gasteiger partial charge in [-0.3, -0.25) is 4.79 Å². The smallest absolute Gasteiger partial charge is 0.264 e. The minimum absolute atomic E-state index is 0.150. The number of ether oxygens (including phenoxy) is 2. The van der Waals surface area contributed by atoms with E-state index in [0.717, 1.165) is 16.8 Å². The number of carbonyl (C=O) groups excluding carboxylic acids is 1. The molecule has 0 atom stereocenters. The van der Waals surface area contributed by atoms with E-state index in [1.54, 1.807) is 18.2 Å². The van der Waals surface area contributed by atoms with Crippen LogP contribution >= 0.6 is 23.4 Å². The topological polar surface area (TPSA) is 59.9 Å². The highest BCUT2D eigenvalue weighted by Gasteiger charge is 2.25. The van der Waals surface area contributed by atoms with Crippen LogP contribution in [0, 0.1) is 6.92 Å². The zero-order chi connectivity index (χ0) is 17.4. The van der Waals surface area contributed by atoms with E-state index >= 15 is 0 Å². The summed E-state index contributed by atoms with van der Waals surface area (Å²) in [5.74, 6) is 0.927. The third kappa shape index (κ3) is 3.36. The van der Waals surface area contributed by atoms with Gasteiger partial charge in [0.1, 0.15) is 0 Å². The van der Waals surface area contributed by atoms with Crippen LogP contribution in [-0.4, -0.2) is 17.9 Å². The number of hydrogen-bond donors (Lipinski definition) is 1. The predicted octanol–water partition coefficient (Wildman–Crippen LogP) is 4.27. The molecule has 2 aliphatic rings. The van der Waals surface area contributed by atoms with Gasteiger partial charge in [-0.15, -0.1) is 0 Å². The van der Waals surface area contributed by atoms with Gasteiger partial charge in [0.15, 0.2) is 16.7 Å². The average Bonchev–Trinajstić information content (AvgIpc) is 3.15. The molecule has 0 aromatic heterocycles. The molecule has 0 saturated carbocycles. The number of rotatable bonds is 2. The SMILES string of the molecule is Cc1cccc(N=C2NC(=O)/C(=C/c3cc(Cl)c4c(c3)OCO4)S2)c1. The number of hydrogen-bond acceptors (Lipinski definition) is 5. The summed E-state index contributed by atoms with van der Waals surface area (Å²) in [4.78, 5) is 17.2. The third-order valence-electron chi connectivity index (χ3n) is 3.63. The first-order chi connectivity index (χ1) is 12.1. The van der Waals surface area contributed by atoms with E-state index in [9.17, 15) is 4.79 Å². The molecule has 1 saturated heterocycles. The Labute approximate surface area is 153 Å². The van der Waals surface area contributed by atoms with Crippen LogP contribution in [0.5, 0.6) is 11.5 Å². The zero-order valence-electron chi connectivity index (χ0n) is 13.2. The molecule has 4 rings (SSSR count). The number of carbonyl (C=O) groups is 1. The lowest BCUT2D eigenvalue weighted by molar-refractivity contribution is -0.115. The summed E-state index contributed by atoms with van der Waals surface area (Å²) in [5, 5.41) is 3.78. The van der Waals surface area contributed by atoms with Gasteiger partial charge >= 0.3 is 0 Å². The van der Waals surface area contributed by atoms with Gasteiger partial charge in [-0.1, -0.05) is 23.7 Å². The predicted molar refractivity (Wildman–Crippen MR) is 99.6 cm³/mol. The van der Waals surface area contributed by atoms with Crippen molar-refractivity contribution >= 4 is 46.2 Å². The second kappa shape index (κ2) is 6.46. The van der Waals surface area contributed by atoms with Crippen molar-refractivity contribution in [2.45, 2.75) is 6.92 Å². The first-order valence-electron chi connectivity index (χ1n) is 7.54. The Morgan fingerprint density at radius 2 is 2.16 bits per heavy atom. The van der Waals surface area contributed by atoms with E-state index in [4.69, 9.17) is 21.1 Å². The summed E-state index contributed by atoms with van der Waals surface area (Å²) < 4.78 is 10.6. The van der Waals surface area contributed by atoms with Crippen LogP contribution in [-0.2, 0) is 4.79 Å². The molecule has 0 unspecified atom stereocenters. The second-order valence-electron chi connectivity index (χ2n) is 5.56. The number of halogens is 1. The molecule has 1 amide bonds. The van der Waals surface area contributed by atoms with Gasteiger partial charge in [0.25, 0.3) is 5.91 Å². The number of amidine groups is 1. The standard InChI is InChI=1S/C18H13ClN2O3S/c1-10-3-2-4-12(5-10)20-18-21-17(22)15(25-18)8-11-6-13(19)16-14(7-11)23-9-24-16/h2-8H,9H2,1H3,(H,20,21,22)/b15-8-. The van der Waals surface area contributed by atoms with E-state index < -0.39 is 0 Å². The van der Waals surface area contributed by atoms with Crippen molar-refractivity contribution in [1.82, 2.24) is 5.32 Å². The molecule has 25 heavy (non-hydrogen) atoms. The minimum Gasteiger partial charge on any atom is -0.454 e. The minimum atomic E-state index is -0.190. The van der Waals surface area contributed by atoms with Gasteiger partial charge in [-0.25, -0.2) is 4.99 Å². The maximum atomic E-state index is 12.2. The van der Waals surface area contributed by atoms with Crippen LogP contribution < -0.4 is 14.8 Å². The van der Waals surface area contributed by atoms with Gasteiger partial charge in [-0.2, -0.15) is 0 Å². The highest BCUT2D eigenvalue weighted by molar-refractivity contribution is 8.18. The molecule has 2 heterocycles. The number of benzene rings is 2. The van der Waals surface area contributed by atoms with Gasteiger partial charge in [0, 0.05) is 0 Å². The second-order valence-corrected chi connectivity index (χ2v) is 7.00. The van der Waals surface area contributed by atoms with Gasteiger partial charge in [0.2, 0.25) is 6.79 Å². The highest BCUT2D eigenvalue weighted by Crippen LogP contribution is 2.41. The van der Waals surface area contributed by atoms with Crippen LogP contribution in [0.1, 0.15) is 11.1 Å². The van der Waals surface area contributed by atoms with Crippen molar-refractivity contribution in [3.63, 3.8) is 0 Å². The highest BCUT2D eigenvalue weighted by atomic mass is 35.5. The van der Waals surface area contributed by atoms with Crippen molar-refractivity contribution in [3.05, 3.63) is 57.5 Å². The molecule has 0 radical (unpaired) electrons. The molecule has 2 aliphatic heterocycles. The molecule has 2 aromatic carbocycles. The van der Waals surface area contributed by atoms with Crippen LogP contribution in [0.25, 0.3) is 6.08 Å². The van der Waals surface area contributed by atoms with Gasteiger partial charge in [-0.05, 0) is 60.2 Å². The fourth-order valence-electron chi connectivity index (χ4n) is 2.52. The normalized spacial score (nSPS) is 18.9. The molecule has 0 aliphatic carbocycles. The summed E-state index contributed by atoms with van der Waals surface area (Å²) in [6.45, 7) is 2.15. The van der Waals surface area contributed by atoms with Crippen LogP contribution in [0.3, 0.4) is 0 Å². The Morgan fingerprint density at radius 3 is 3.00 bits per heavy atom. The van der Waals surface area contributed by atoms with Crippen molar-refractivity contribution < 1.29 is 14.3 Å². The quantitative estimate of drug-likeness (QED) is 0.800. The molecule has 7 heteroatoms. The summed E-state index contributed by atoms with van der Waals surface area (Å²) in [5.41, 5.74) is 2.68. The Bertz CT molecular complexity index is 940. The lowest BCUT2D eigenvalue weighted by Gasteiger charge is -2.01. The Balaban J connectivity index is 1.61. The third-order valence-corrected chi connectivity index (χ3v) is 4.82. The molecule has 1 N–H and O–H groups in total. The fourth-order valence-corrected chi connectivity index (χ4v) is 3.63. The largest absolute Gasteiger partial charge is 0.454 e. The number of aliphatic imine (C=N–C) groups is 1. The van der Waals surface area contributed by atoms with Gasteiger partial charge < -0.3 is 14.8 Å². The Morgan fingerprint density at radius 1 is 1.28 bits per heavy atom. The molecule has 0 spiro atoms. The van der Waals surface area contributed by atoms with E-state index in [1.165, 1.54) is 11.8 Å². The Kier molecular flexibility index (Phi) is 4.15. The molecule has 5 nitrogen and oxygen atoms in total. The Hall–Kier alpha value is -2.44. The molecular formula is C18H13ClN2O3S. The van der Waals surface area contributed by atoms with E-state index in [0.29, 0.717) is 26.6 Å². The lowest BCUT2D eigenvalue weighted by Crippen LogP contribution is -2.19. The van der Waals surface area contributed by atoms with E-state index in [2.05, 4.69) is 10.3 Å². The average molecular weight is 373 g/mol. The van der Waals surface area contributed by atoms with E-state index in [1.807, 2.05) is 31.2 Å². The summed E-state index contributed by atoms with van der Waals surface area (Å²) in [7, 11) is 0. The summed E-state index contributed by atoms with van der Waals surface area (Å²) >= 11 is 7.47. The number of thioether (sulfide) groups is 1. The van der Waals surface area contributed by atoms with Gasteiger partial charge in [0.05, 0.1) is 15.6 Å². The molecule has 126 valence electrons. The first kappa shape index (κ1) is 16.1. The number of nitrogens with one attached hydrogen (secondary N) is 1. The van der Waals surface area contributed by atoms with Crippen LogP contribution in [0.15, 0.2) is 46.3 Å². The molecule has 1 fully saturated rings. The zero-order valence-corrected chi connectivity index (χ0v) is 14.8. The number of amides is 1. The molecule has 0 bridgehead atoms. The molecule has 2 aromatic rings. The van der Waals surface area contributed by atoms with Crippen LogP contribution in [0.4, 0.5) is 5.69 Å². The fraction of sp³-hybridized carbons (Fsp3) is 0.111. The number of nitrogens with zero attached hydrogens (tertiary/aromatic N) is 1. The molecular weight excluding hydrogens is 360 g/mol. The lowest BCUT2D eigenvalue weighted by atomic mass is 10.2. The maximum Gasteiger partial charge on any atom is 0.264 e. The first-order valence-corrected chi connectivity index (χ1v) is 8.73. The van der Waals surface area contributed by atoms with Crippen molar-refractivity contribution in [3.8, 4) is 11.5 Å². The van der Waals surface area contributed by atoms with Crippen molar-refractivity contribution in [1.29, 1.82) is 0 Å². The monoisotopic (exact) mass is 372 g/mol.